The number of aromatic nitrogens is 1. The van der Waals surface area contributed by atoms with E-state index >= 15 is 0 Å². The molecule has 0 radical (unpaired) electrons. The molecular weight excluding hydrogens is 381 g/mol. The number of ether oxygens (including phenoxy) is 1. The van der Waals surface area contributed by atoms with Gasteiger partial charge in [0.05, 0.1) is 16.1 Å². The first-order valence-corrected chi connectivity index (χ1v) is 8.36. The van der Waals surface area contributed by atoms with E-state index in [1.165, 1.54) is 24.3 Å². The van der Waals surface area contributed by atoms with Gasteiger partial charge in [-0.05, 0) is 50.2 Å². The number of pyridine rings is 1. The van der Waals surface area contributed by atoms with Crippen LogP contribution in [0.2, 0.25) is 5.02 Å². The predicted octanol–water partition coefficient (Wildman–Crippen LogP) is 5.76. The molecule has 8 heteroatoms. The smallest absolute Gasteiger partial charge is 0.406 e. The number of hydrogen-bond acceptors (Lipinski definition) is 4. The fourth-order valence-corrected chi connectivity index (χ4v) is 3.03. The Labute approximate surface area is 158 Å². The van der Waals surface area contributed by atoms with Gasteiger partial charge in [0, 0.05) is 16.6 Å². The molecule has 0 fully saturated rings. The summed E-state index contributed by atoms with van der Waals surface area (Å²) in [6.45, 7) is 3.26. The van der Waals surface area contributed by atoms with Crippen LogP contribution in [0.4, 0.5) is 24.7 Å². The topological polar surface area (TPSA) is 54.4 Å². The molecule has 0 unspecified atom stereocenters. The number of halogens is 4. The Morgan fingerprint density at radius 2 is 1.63 bits per heavy atom. The van der Waals surface area contributed by atoms with Crippen molar-refractivity contribution in [2.75, 3.05) is 5.32 Å². The van der Waals surface area contributed by atoms with E-state index in [0.717, 1.165) is 5.39 Å². The fourth-order valence-electron chi connectivity index (χ4n) is 2.58. The highest BCUT2D eigenvalue weighted by Crippen LogP contribution is 2.34. The van der Waals surface area contributed by atoms with Crippen LogP contribution in [0.15, 0.2) is 48.5 Å². The van der Waals surface area contributed by atoms with E-state index in [1.54, 1.807) is 26.0 Å². The molecule has 3 aromatic rings. The number of aliphatic hydroxyl groups is 1. The van der Waals surface area contributed by atoms with Crippen molar-refractivity contribution in [2.45, 2.75) is 25.8 Å². The molecule has 0 amide bonds. The van der Waals surface area contributed by atoms with Gasteiger partial charge in [0.15, 0.2) is 0 Å². The Kier molecular flexibility index (Phi) is 4.92. The van der Waals surface area contributed by atoms with Gasteiger partial charge in [-0.1, -0.05) is 23.7 Å². The van der Waals surface area contributed by atoms with Crippen molar-refractivity contribution in [2.24, 2.45) is 0 Å². The summed E-state index contributed by atoms with van der Waals surface area (Å²) in [6.07, 6.45) is -4.73. The van der Waals surface area contributed by atoms with Gasteiger partial charge in [-0.15, -0.1) is 13.2 Å². The van der Waals surface area contributed by atoms with Crippen LogP contribution < -0.4 is 10.1 Å². The molecule has 2 aromatic carbocycles. The number of fused-ring (bicyclic) bond motifs is 1. The molecule has 1 aromatic heterocycles. The zero-order valence-corrected chi connectivity index (χ0v) is 15.2. The van der Waals surface area contributed by atoms with Gasteiger partial charge in [-0.25, -0.2) is 4.98 Å². The van der Waals surface area contributed by atoms with Gasteiger partial charge in [-0.2, -0.15) is 0 Å². The Bertz CT molecular complexity index is 968. The lowest BCUT2D eigenvalue weighted by Crippen LogP contribution is -2.17. The maximum atomic E-state index is 12.2. The molecular formula is C19H16ClF3N2O2. The lowest BCUT2D eigenvalue weighted by molar-refractivity contribution is -0.274. The van der Waals surface area contributed by atoms with Crippen LogP contribution in [0.25, 0.3) is 10.9 Å². The Balaban J connectivity index is 1.88. The second kappa shape index (κ2) is 6.90. The zero-order chi connectivity index (χ0) is 19.8. The second-order valence-electron chi connectivity index (χ2n) is 6.45. The van der Waals surface area contributed by atoms with Gasteiger partial charge < -0.3 is 15.2 Å². The number of alkyl halides is 3. The van der Waals surface area contributed by atoms with Crippen LogP contribution in [0.5, 0.6) is 5.75 Å². The SMILES string of the molecule is CC(C)(O)c1ccc2ccc(Nc3ccc(OC(F)(F)F)cc3)nc2c1Cl. The first kappa shape index (κ1) is 19.3. The number of nitrogens with zero attached hydrogens (tertiary/aromatic N) is 1. The lowest BCUT2D eigenvalue weighted by atomic mass is 9.97. The summed E-state index contributed by atoms with van der Waals surface area (Å²) in [5.74, 6) is 0.152. The van der Waals surface area contributed by atoms with E-state index in [-0.39, 0.29) is 5.75 Å². The number of nitrogens with one attached hydrogen (secondary N) is 1. The average Bonchev–Trinajstić information content (AvgIpc) is 2.55. The first-order chi connectivity index (χ1) is 12.5. The zero-order valence-electron chi connectivity index (χ0n) is 14.4. The summed E-state index contributed by atoms with van der Waals surface area (Å²) in [5, 5.41) is 14.4. The molecule has 0 aliphatic heterocycles. The monoisotopic (exact) mass is 396 g/mol. The van der Waals surface area contributed by atoms with E-state index < -0.39 is 12.0 Å². The molecule has 2 N–H and O–H groups in total. The van der Waals surface area contributed by atoms with Crippen molar-refractivity contribution in [3.05, 3.63) is 59.1 Å². The van der Waals surface area contributed by atoms with Crippen molar-refractivity contribution in [1.29, 1.82) is 0 Å². The summed E-state index contributed by atoms with van der Waals surface area (Å²) in [4.78, 5) is 4.46. The maximum absolute atomic E-state index is 12.2. The first-order valence-electron chi connectivity index (χ1n) is 7.98. The minimum atomic E-state index is -4.73. The number of hydrogen-bond donors (Lipinski definition) is 2. The molecule has 0 saturated carbocycles. The van der Waals surface area contributed by atoms with E-state index in [2.05, 4.69) is 15.0 Å². The highest BCUT2D eigenvalue weighted by atomic mass is 35.5. The summed E-state index contributed by atoms with van der Waals surface area (Å²) in [5.41, 5.74) is 0.476. The van der Waals surface area contributed by atoms with Crippen molar-refractivity contribution >= 4 is 34.0 Å². The maximum Gasteiger partial charge on any atom is 0.573 e. The van der Waals surface area contributed by atoms with Crippen LogP contribution in [0.3, 0.4) is 0 Å². The van der Waals surface area contributed by atoms with Crippen LogP contribution >= 0.6 is 11.6 Å². The van der Waals surface area contributed by atoms with E-state index in [0.29, 0.717) is 27.6 Å². The molecule has 1 heterocycles. The normalized spacial score (nSPS) is 12.3. The van der Waals surface area contributed by atoms with E-state index in [4.69, 9.17) is 11.6 Å². The van der Waals surface area contributed by atoms with Crippen molar-refractivity contribution < 1.29 is 23.0 Å². The average molecular weight is 397 g/mol. The highest BCUT2D eigenvalue weighted by molar-refractivity contribution is 6.36. The molecule has 0 spiro atoms. The molecule has 0 bridgehead atoms. The van der Waals surface area contributed by atoms with Gasteiger partial charge in [0.1, 0.15) is 11.6 Å². The summed E-state index contributed by atoms with van der Waals surface area (Å²) >= 11 is 6.41. The fraction of sp³-hybridized carbons (Fsp3) is 0.211. The predicted molar refractivity (Wildman–Crippen MR) is 98.4 cm³/mol. The minimum Gasteiger partial charge on any atom is -0.406 e. The van der Waals surface area contributed by atoms with Gasteiger partial charge in [0.25, 0.3) is 0 Å². The van der Waals surface area contributed by atoms with Crippen LogP contribution in [-0.4, -0.2) is 16.5 Å². The van der Waals surface area contributed by atoms with Gasteiger partial charge in [-0.3, -0.25) is 0 Å². The van der Waals surface area contributed by atoms with E-state index in [1.807, 2.05) is 12.1 Å². The van der Waals surface area contributed by atoms with Crippen molar-refractivity contribution in [3.63, 3.8) is 0 Å². The third-order valence-electron chi connectivity index (χ3n) is 3.82. The standard InChI is InChI=1S/C19H16ClF3N2O2/c1-18(2,26)14-9-3-11-4-10-15(25-17(11)16(14)20)24-12-5-7-13(8-6-12)27-19(21,22)23/h3-10,26H,1-2H3,(H,24,25). The van der Waals surface area contributed by atoms with Crippen LogP contribution in [0.1, 0.15) is 19.4 Å². The minimum absolute atomic E-state index is 0.308. The summed E-state index contributed by atoms with van der Waals surface area (Å²) in [6, 6.07) is 12.4. The molecule has 0 saturated heterocycles. The van der Waals surface area contributed by atoms with E-state index in [9.17, 15) is 18.3 Å². The van der Waals surface area contributed by atoms with Crippen LogP contribution in [0, 0.1) is 0 Å². The summed E-state index contributed by atoms with van der Waals surface area (Å²) in [7, 11) is 0. The largest absolute Gasteiger partial charge is 0.573 e. The molecule has 3 rings (SSSR count). The Morgan fingerprint density at radius 3 is 2.22 bits per heavy atom. The van der Waals surface area contributed by atoms with Crippen LogP contribution in [-0.2, 0) is 5.60 Å². The summed E-state index contributed by atoms with van der Waals surface area (Å²) < 4.78 is 40.5. The van der Waals surface area contributed by atoms with Gasteiger partial charge >= 0.3 is 6.36 Å². The highest BCUT2D eigenvalue weighted by Gasteiger charge is 2.31. The quantitative estimate of drug-likeness (QED) is 0.589. The van der Waals surface area contributed by atoms with Gasteiger partial charge in [0.2, 0.25) is 0 Å². The molecule has 0 aliphatic carbocycles. The molecule has 27 heavy (non-hydrogen) atoms. The lowest BCUT2D eigenvalue weighted by Gasteiger charge is -2.20. The number of benzene rings is 2. The number of rotatable bonds is 4. The molecule has 4 nitrogen and oxygen atoms in total. The second-order valence-corrected chi connectivity index (χ2v) is 6.83. The third-order valence-corrected chi connectivity index (χ3v) is 4.20. The Hall–Kier alpha value is -2.51. The van der Waals surface area contributed by atoms with Crippen molar-refractivity contribution in [3.8, 4) is 5.75 Å². The number of anilines is 2. The third kappa shape index (κ3) is 4.61. The molecule has 0 aliphatic rings. The molecule has 142 valence electrons. The molecule has 0 atom stereocenters. The van der Waals surface area contributed by atoms with Crippen molar-refractivity contribution in [1.82, 2.24) is 4.98 Å². The Morgan fingerprint density at radius 1 is 1.00 bits per heavy atom.